The molecule has 1 heterocycles. The Bertz CT molecular complexity index is 750. The number of carboxylic acid groups (broad SMARTS) is 1. The van der Waals surface area contributed by atoms with E-state index in [0.717, 1.165) is 11.8 Å². The van der Waals surface area contributed by atoms with Gasteiger partial charge in [-0.2, -0.15) is 0 Å². The monoisotopic (exact) mass is 265 g/mol. The molecule has 0 saturated carbocycles. The molecule has 2 rings (SSSR count). The molecule has 0 fully saturated rings. The Morgan fingerprint density at radius 1 is 1.33 bits per heavy atom. The van der Waals surface area contributed by atoms with Crippen LogP contribution >= 0.6 is 0 Å². The van der Waals surface area contributed by atoms with Gasteiger partial charge in [-0.05, 0) is 30.7 Å². The predicted octanol–water partition coefficient (Wildman–Crippen LogP) is 1.64. The normalized spacial score (nSPS) is 11.7. The zero-order chi connectivity index (χ0) is 13.5. The van der Waals surface area contributed by atoms with Gasteiger partial charge in [0, 0.05) is 17.8 Å². The highest BCUT2D eigenvalue weighted by Crippen LogP contribution is 2.25. The van der Waals surface area contributed by atoms with Crippen molar-refractivity contribution >= 4 is 26.7 Å². The van der Waals surface area contributed by atoms with Gasteiger partial charge in [-0.25, -0.2) is 13.2 Å². The van der Waals surface area contributed by atoms with Crippen molar-refractivity contribution in [1.29, 1.82) is 0 Å². The molecular formula is C12H11NO4S. The molecule has 2 aromatic rings. The molecule has 0 aliphatic heterocycles. The minimum Gasteiger partial charge on any atom is -0.478 e. The Morgan fingerprint density at radius 3 is 2.56 bits per heavy atom. The largest absolute Gasteiger partial charge is 0.478 e. The van der Waals surface area contributed by atoms with E-state index in [1.54, 1.807) is 13.0 Å². The van der Waals surface area contributed by atoms with Gasteiger partial charge < -0.3 is 5.11 Å². The number of aromatic nitrogens is 1. The van der Waals surface area contributed by atoms with Gasteiger partial charge in [0.1, 0.15) is 0 Å². The highest BCUT2D eigenvalue weighted by Gasteiger charge is 2.17. The van der Waals surface area contributed by atoms with Crippen LogP contribution in [0.15, 0.2) is 29.3 Å². The first-order valence-electron chi connectivity index (χ1n) is 5.13. The first-order valence-corrected chi connectivity index (χ1v) is 7.02. The van der Waals surface area contributed by atoms with Gasteiger partial charge in [-0.15, -0.1) is 0 Å². The lowest BCUT2D eigenvalue weighted by molar-refractivity contribution is 0.0699. The zero-order valence-electron chi connectivity index (χ0n) is 9.84. The number of pyridine rings is 1. The Morgan fingerprint density at radius 2 is 2.00 bits per heavy atom. The van der Waals surface area contributed by atoms with Crippen molar-refractivity contribution < 1.29 is 18.3 Å². The maximum absolute atomic E-state index is 11.6. The van der Waals surface area contributed by atoms with Crippen molar-refractivity contribution in [2.45, 2.75) is 11.8 Å². The Kier molecular flexibility index (Phi) is 2.82. The first kappa shape index (κ1) is 12.5. The number of nitrogens with zero attached hydrogens (tertiary/aromatic N) is 1. The molecule has 1 aromatic heterocycles. The highest BCUT2D eigenvalue weighted by atomic mass is 32.2. The summed E-state index contributed by atoms with van der Waals surface area (Å²) in [5.74, 6) is -1.10. The van der Waals surface area contributed by atoms with Crippen LogP contribution in [0, 0.1) is 6.92 Å². The maximum atomic E-state index is 11.6. The lowest BCUT2D eigenvalue weighted by atomic mass is 10.1. The minimum absolute atomic E-state index is 0.0440. The molecular weight excluding hydrogens is 254 g/mol. The summed E-state index contributed by atoms with van der Waals surface area (Å²) in [6.45, 7) is 1.77. The molecule has 0 saturated heterocycles. The van der Waals surface area contributed by atoms with Crippen LogP contribution in [-0.4, -0.2) is 30.7 Å². The Hall–Kier alpha value is -1.95. The van der Waals surface area contributed by atoms with Gasteiger partial charge in [-0.3, -0.25) is 4.98 Å². The summed E-state index contributed by atoms with van der Waals surface area (Å²) in [5, 5.41) is 9.43. The number of aryl methyl sites for hydroxylation is 1. The fourth-order valence-corrected chi connectivity index (χ4v) is 2.61. The fraction of sp³-hybridized carbons (Fsp3) is 0.167. The van der Waals surface area contributed by atoms with E-state index in [-0.39, 0.29) is 16.0 Å². The van der Waals surface area contributed by atoms with Crippen LogP contribution in [0.4, 0.5) is 0 Å². The Balaban J connectivity index is 2.97. The summed E-state index contributed by atoms with van der Waals surface area (Å²) in [6.07, 6.45) is 2.59. The van der Waals surface area contributed by atoms with Crippen molar-refractivity contribution in [3.63, 3.8) is 0 Å². The number of carboxylic acids is 1. The maximum Gasteiger partial charge on any atom is 0.336 e. The molecule has 1 N–H and O–H groups in total. The van der Waals surface area contributed by atoms with Crippen molar-refractivity contribution in [3.8, 4) is 0 Å². The van der Waals surface area contributed by atoms with Crippen LogP contribution in [0.5, 0.6) is 0 Å². The summed E-state index contributed by atoms with van der Waals surface area (Å²) < 4.78 is 23.3. The molecule has 5 nitrogen and oxygen atoms in total. The van der Waals surface area contributed by atoms with Crippen molar-refractivity contribution in [3.05, 3.63) is 35.5 Å². The third kappa shape index (κ3) is 2.06. The van der Waals surface area contributed by atoms with E-state index in [4.69, 9.17) is 5.11 Å². The molecule has 0 atom stereocenters. The van der Waals surface area contributed by atoms with Crippen LogP contribution in [-0.2, 0) is 9.84 Å². The number of sulfone groups is 1. The summed E-state index contributed by atoms with van der Waals surface area (Å²) in [5.41, 5.74) is 1.02. The van der Waals surface area contributed by atoms with Gasteiger partial charge >= 0.3 is 5.97 Å². The standard InChI is InChI=1S/C12H11NO4S/c1-7-5-9-8(12(14)15)3-4-10(18(2,16)17)11(9)13-6-7/h3-6H,1-2H3,(H,14,15). The summed E-state index contributed by atoms with van der Waals surface area (Å²) >= 11 is 0. The van der Waals surface area contributed by atoms with Crippen molar-refractivity contribution in [2.75, 3.05) is 6.26 Å². The molecule has 0 aliphatic carbocycles. The topological polar surface area (TPSA) is 84.3 Å². The first-order chi connectivity index (χ1) is 8.30. The van der Waals surface area contributed by atoms with E-state index < -0.39 is 15.8 Å². The van der Waals surface area contributed by atoms with Gasteiger partial charge in [0.05, 0.1) is 16.0 Å². The molecule has 18 heavy (non-hydrogen) atoms. The quantitative estimate of drug-likeness (QED) is 0.892. The smallest absolute Gasteiger partial charge is 0.336 e. The lowest BCUT2D eigenvalue weighted by Gasteiger charge is -2.07. The number of rotatable bonds is 2. The van der Waals surface area contributed by atoms with E-state index in [9.17, 15) is 13.2 Å². The van der Waals surface area contributed by atoms with Gasteiger partial charge in [0.15, 0.2) is 9.84 Å². The molecule has 0 unspecified atom stereocenters. The summed E-state index contributed by atoms with van der Waals surface area (Å²) in [6, 6.07) is 4.20. The number of carbonyl (C=O) groups is 1. The second kappa shape index (κ2) is 4.06. The van der Waals surface area contributed by atoms with E-state index in [1.165, 1.54) is 18.3 Å². The average Bonchev–Trinajstić information content (AvgIpc) is 2.25. The predicted molar refractivity (Wildman–Crippen MR) is 66.5 cm³/mol. The van der Waals surface area contributed by atoms with Crippen molar-refractivity contribution in [2.24, 2.45) is 0 Å². The zero-order valence-corrected chi connectivity index (χ0v) is 10.7. The van der Waals surface area contributed by atoms with Gasteiger partial charge in [0.25, 0.3) is 0 Å². The molecule has 0 spiro atoms. The second-order valence-electron chi connectivity index (χ2n) is 4.10. The molecule has 0 bridgehead atoms. The third-order valence-electron chi connectivity index (χ3n) is 2.58. The van der Waals surface area contributed by atoms with Crippen LogP contribution in [0.25, 0.3) is 10.9 Å². The van der Waals surface area contributed by atoms with E-state index in [0.29, 0.717) is 5.39 Å². The van der Waals surface area contributed by atoms with Crippen LogP contribution in [0.3, 0.4) is 0 Å². The lowest BCUT2D eigenvalue weighted by Crippen LogP contribution is -2.04. The highest BCUT2D eigenvalue weighted by molar-refractivity contribution is 7.91. The van der Waals surface area contributed by atoms with Crippen LogP contribution < -0.4 is 0 Å². The second-order valence-corrected chi connectivity index (χ2v) is 6.08. The van der Waals surface area contributed by atoms with Crippen molar-refractivity contribution in [1.82, 2.24) is 4.98 Å². The van der Waals surface area contributed by atoms with Crippen LogP contribution in [0.2, 0.25) is 0 Å². The number of hydrogen-bond donors (Lipinski definition) is 1. The molecule has 0 aliphatic rings. The molecule has 94 valence electrons. The van der Waals surface area contributed by atoms with E-state index in [2.05, 4.69) is 4.98 Å². The van der Waals surface area contributed by atoms with Crippen LogP contribution in [0.1, 0.15) is 15.9 Å². The van der Waals surface area contributed by atoms with E-state index in [1.807, 2.05) is 0 Å². The Labute approximate surface area is 104 Å². The number of hydrogen-bond acceptors (Lipinski definition) is 4. The number of fused-ring (bicyclic) bond motifs is 1. The SMILES string of the molecule is Cc1cnc2c(S(C)(=O)=O)ccc(C(=O)O)c2c1. The van der Waals surface area contributed by atoms with Gasteiger partial charge in [0.2, 0.25) is 0 Å². The molecule has 0 amide bonds. The van der Waals surface area contributed by atoms with E-state index >= 15 is 0 Å². The third-order valence-corrected chi connectivity index (χ3v) is 3.71. The number of benzene rings is 1. The fourth-order valence-electron chi connectivity index (χ4n) is 1.78. The minimum atomic E-state index is -3.44. The average molecular weight is 265 g/mol. The van der Waals surface area contributed by atoms with Gasteiger partial charge in [-0.1, -0.05) is 0 Å². The molecule has 1 aromatic carbocycles. The summed E-state index contributed by atoms with van der Waals surface area (Å²) in [4.78, 5) is 15.2. The molecule has 6 heteroatoms. The number of aromatic carboxylic acids is 1. The molecule has 0 radical (unpaired) electrons. The summed E-state index contributed by atoms with van der Waals surface area (Å²) in [7, 11) is -3.44.